The Kier molecular flexibility index (Phi) is 6.81. The molecule has 1 aromatic carbocycles. The number of hydrogen-bond acceptors (Lipinski definition) is 6. The molecule has 0 radical (unpaired) electrons. The van der Waals surface area contributed by atoms with E-state index < -0.39 is 0 Å². The van der Waals surface area contributed by atoms with Crippen molar-refractivity contribution in [3.8, 4) is 11.5 Å². The van der Waals surface area contributed by atoms with E-state index in [0.29, 0.717) is 41.6 Å². The van der Waals surface area contributed by atoms with Crippen molar-refractivity contribution in [1.29, 1.82) is 0 Å². The lowest BCUT2D eigenvalue weighted by molar-refractivity contribution is -0.121. The summed E-state index contributed by atoms with van der Waals surface area (Å²) in [6, 6.07) is 10.6. The average Bonchev–Trinajstić information content (AvgIpc) is 3.32. The first-order valence-electron chi connectivity index (χ1n) is 11.5. The molecule has 0 aliphatic heterocycles. The third kappa shape index (κ3) is 5.01. The van der Waals surface area contributed by atoms with Crippen molar-refractivity contribution in [1.82, 2.24) is 19.1 Å². The molecule has 182 valence electrons. The molecule has 0 unspecified atom stereocenters. The van der Waals surface area contributed by atoms with Crippen LogP contribution in [0.1, 0.15) is 38.1 Å². The summed E-state index contributed by atoms with van der Waals surface area (Å²) >= 11 is 0. The molecular weight excluding hydrogens is 448 g/mol. The molecule has 0 saturated heterocycles. The molecule has 35 heavy (non-hydrogen) atoms. The summed E-state index contributed by atoms with van der Waals surface area (Å²) in [6.07, 6.45) is -0.0126. The van der Waals surface area contributed by atoms with Gasteiger partial charge in [0.15, 0.2) is 5.65 Å². The predicted molar refractivity (Wildman–Crippen MR) is 133 cm³/mol. The zero-order valence-corrected chi connectivity index (χ0v) is 20.2. The number of hydrogen-bond donors (Lipinski definition) is 2. The number of oxazole rings is 1. The van der Waals surface area contributed by atoms with E-state index in [1.807, 2.05) is 33.8 Å². The maximum Gasteiger partial charge on any atom is 0.330 e. The molecule has 10 nitrogen and oxygen atoms in total. The highest BCUT2D eigenvalue weighted by molar-refractivity contribution is 5.97. The number of aromatic nitrogens is 4. The second kappa shape index (κ2) is 9.96. The number of fused-ring (bicyclic) bond motifs is 1. The van der Waals surface area contributed by atoms with Crippen LogP contribution in [-0.4, -0.2) is 30.9 Å². The van der Waals surface area contributed by atoms with Crippen molar-refractivity contribution >= 4 is 34.5 Å². The Morgan fingerprint density at radius 3 is 2.31 bits per heavy atom. The van der Waals surface area contributed by atoms with Gasteiger partial charge in [-0.1, -0.05) is 6.07 Å². The van der Waals surface area contributed by atoms with E-state index in [-0.39, 0.29) is 30.3 Å². The molecule has 4 aromatic rings. The van der Waals surface area contributed by atoms with Crippen molar-refractivity contribution in [2.45, 2.75) is 53.6 Å². The van der Waals surface area contributed by atoms with E-state index in [2.05, 4.69) is 20.6 Å². The highest BCUT2D eigenvalue weighted by Gasteiger charge is 2.15. The quantitative estimate of drug-likeness (QED) is 0.398. The van der Waals surface area contributed by atoms with Crippen LogP contribution < -0.4 is 16.3 Å². The van der Waals surface area contributed by atoms with Gasteiger partial charge in [-0.25, -0.2) is 14.8 Å². The van der Waals surface area contributed by atoms with Crippen LogP contribution in [0.5, 0.6) is 0 Å². The number of nitrogens with zero attached hydrogens (tertiary/aromatic N) is 4. The first-order valence-corrected chi connectivity index (χ1v) is 11.5. The van der Waals surface area contributed by atoms with Crippen LogP contribution in [0, 0.1) is 13.8 Å². The lowest BCUT2D eigenvalue weighted by Gasteiger charge is -2.07. The Hall–Kier alpha value is -4.21. The van der Waals surface area contributed by atoms with Gasteiger partial charge in [0.25, 0.3) is 0 Å². The molecule has 0 atom stereocenters. The Labute approximate surface area is 202 Å². The van der Waals surface area contributed by atoms with E-state index >= 15 is 0 Å². The van der Waals surface area contributed by atoms with Crippen molar-refractivity contribution in [2.24, 2.45) is 0 Å². The normalized spacial score (nSPS) is 11.1. The van der Waals surface area contributed by atoms with E-state index in [1.54, 1.807) is 39.5 Å². The number of anilines is 2. The van der Waals surface area contributed by atoms with Crippen LogP contribution >= 0.6 is 0 Å². The standard InChI is InChI=1S/C25H28N6O4/c1-5-30-19-10-11-20(29-23(19)31(6-2)25(30)34)28-22(33)13-12-21(32)27-18-9-7-8-17(14-18)24-26-15(3)16(4)35-24/h7-11,14H,5-6,12-13H2,1-4H3,(H,27,32)(H,28,29,33). The van der Waals surface area contributed by atoms with E-state index in [4.69, 9.17) is 4.42 Å². The van der Waals surface area contributed by atoms with Gasteiger partial charge in [-0.15, -0.1) is 0 Å². The smallest absolute Gasteiger partial charge is 0.330 e. The fourth-order valence-corrected chi connectivity index (χ4v) is 3.83. The number of benzene rings is 1. The van der Waals surface area contributed by atoms with Gasteiger partial charge >= 0.3 is 5.69 Å². The number of aryl methyl sites for hydroxylation is 4. The van der Waals surface area contributed by atoms with Crippen molar-refractivity contribution in [3.63, 3.8) is 0 Å². The van der Waals surface area contributed by atoms with Crippen LogP contribution in [-0.2, 0) is 22.7 Å². The van der Waals surface area contributed by atoms with E-state index in [1.165, 1.54) is 0 Å². The number of carbonyl (C=O) groups is 2. The third-order valence-corrected chi connectivity index (χ3v) is 5.76. The summed E-state index contributed by atoms with van der Waals surface area (Å²) in [7, 11) is 0. The Morgan fingerprint density at radius 2 is 1.66 bits per heavy atom. The van der Waals surface area contributed by atoms with Crippen LogP contribution in [0.15, 0.2) is 45.6 Å². The van der Waals surface area contributed by atoms with Gasteiger partial charge in [0.05, 0.1) is 11.2 Å². The number of carbonyl (C=O) groups excluding carboxylic acids is 2. The second-order valence-electron chi connectivity index (χ2n) is 8.15. The van der Waals surface area contributed by atoms with Crippen molar-refractivity contribution in [3.05, 3.63) is 58.3 Å². The molecular formula is C25H28N6O4. The summed E-state index contributed by atoms with van der Waals surface area (Å²) in [5.74, 6) is 0.937. The SMILES string of the molecule is CCn1c(=O)n(CC)c2nc(NC(=O)CCC(=O)Nc3cccc(-c4nc(C)c(C)o4)c3)ccc21. The molecule has 0 spiro atoms. The molecule has 0 aliphatic carbocycles. The van der Waals surface area contributed by atoms with Crippen LogP contribution in [0.2, 0.25) is 0 Å². The van der Waals surface area contributed by atoms with Gasteiger partial charge in [0.2, 0.25) is 17.7 Å². The van der Waals surface area contributed by atoms with E-state index in [0.717, 1.165) is 17.0 Å². The molecule has 0 bridgehead atoms. The number of nitrogens with one attached hydrogen (secondary N) is 2. The molecule has 0 aliphatic rings. The zero-order chi connectivity index (χ0) is 25.1. The Morgan fingerprint density at radius 1 is 0.943 bits per heavy atom. The monoisotopic (exact) mass is 476 g/mol. The average molecular weight is 477 g/mol. The molecule has 3 heterocycles. The summed E-state index contributed by atoms with van der Waals surface area (Å²) < 4.78 is 8.85. The highest BCUT2D eigenvalue weighted by Crippen LogP contribution is 2.24. The number of imidazole rings is 1. The van der Waals surface area contributed by atoms with Gasteiger partial charge in [0, 0.05) is 37.2 Å². The molecule has 3 aromatic heterocycles. The fraction of sp³-hybridized carbons (Fsp3) is 0.320. The highest BCUT2D eigenvalue weighted by atomic mass is 16.4. The summed E-state index contributed by atoms with van der Waals surface area (Å²) in [5.41, 5.74) is 3.26. The van der Waals surface area contributed by atoms with Gasteiger partial charge in [0.1, 0.15) is 11.6 Å². The molecule has 2 N–H and O–H groups in total. The lowest BCUT2D eigenvalue weighted by Crippen LogP contribution is -2.23. The third-order valence-electron chi connectivity index (χ3n) is 5.76. The minimum absolute atomic E-state index is 0.00139. The van der Waals surface area contributed by atoms with Crippen molar-refractivity contribution < 1.29 is 14.0 Å². The lowest BCUT2D eigenvalue weighted by atomic mass is 10.2. The zero-order valence-electron chi connectivity index (χ0n) is 20.2. The van der Waals surface area contributed by atoms with Crippen molar-refractivity contribution in [2.75, 3.05) is 10.6 Å². The minimum atomic E-state index is -0.341. The number of pyridine rings is 1. The van der Waals surface area contributed by atoms with Crippen LogP contribution in [0.3, 0.4) is 0 Å². The summed E-state index contributed by atoms with van der Waals surface area (Å²) in [5, 5.41) is 5.52. The van der Waals surface area contributed by atoms with Crippen LogP contribution in [0.25, 0.3) is 22.6 Å². The van der Waals surface area contributed by atoms with Gasteiger partial charge in [-0.05, 0) is 58.0 Å². The largest absolute Gasteiger partial charge is 0.441 e. The molecule has 0 saturated carbocycles. The first kappa shape index (κ1) is 23.9. The van der Waals surface area contributed by atoms with Crippen LogP contribution in [0.4, 0.5) is 11.5 Å². The van der Waals surface area contributed by atoms with E-state index in [9.17, 15) is 14.4 Å². The Bertz CT molecular complexity index is 1440. The van der Waals surface area contributed by atoms with Gasteiger partial charge in [-0.3, -0.25) is 18.7 Å². The fourth-order valence-electron chi connectivity index (χ4n) is 3.83. The summed E-state index contributed by atoms with van der Waals surface area (Å²) in [6.45, 7) is 8.49. The maximum absolute atomic E-state index is 12.5. The number of rotatable bonds is 8. The predicted octanol–water partition coefficient (Wildman–Crippen LogP) is 3.87. The van der Waals surface area contributed by atoms with Gasteiger partial charge in [-0.2, -0.15) is 0 Å². The minimum Gasteiger partial charge on any atom is -0.441 e. The molecule has 4 rings (SSSR count). The Balaban J connectivity index is 1.37. The van der Waals surface area contributed by atoms with Gasteiger partial charge < -0.3 is 15.1 Å². The molecule has 10 heteroatoms. The topological polar surface area (TPSA) is 124 Å². The molecule has 2 amide bonds. The maximum atomic E-state index is 12.5. The second-order valence-corrected chi connectivity index (χ2v) is 8.15. The first-order chi connectivity index (χ1) is 16.8. The number of amides is 2. The summed E-state index contributed by atoms with van der Waals surface area (Å²) in [4.78, 5) is 46.2. The molecule has 0 fully saturated rings.